The second kappa shape index (κ2) is 11.7. The van der Waals surface area contributed by atoms with Gasteiger partial charge in [0.2, 0.25) is 0 Å². The van der Waals surface area contributed by atoms with Crippen molar-refractivity contribution >= 4 is 6.21 Å². The minimum Gasteiger partial charge on any atom is -0.298 e. The van der Waals surface area contributed by atoms with Crippen LogP contribution in [0.2, 0.25) is 0 Å². The van der Waals surface area contributed by atoms with Crippen LogP contribution in [0.4, 0.5) is 0 Å². The Balaban J connectivity index is 2.91. The third-order valence-electron chi connectivity index (χ3n) is 2.19. The maximum absolute atomic E-state index is 4.35. The van der Waals surface area contributed by atoms with Crippen molar-refractivity contribution in [3.63, 3.8) is 0 Å². The summed E-state index contributed by atoms with van der Waals surface area (Å²) in [6.45, 7) is 5.50. The molecule has 1 heteroatoms. The molecule has 0 aliphatic heterocycles. The van der Waals surface area contributed by atoms with Gasteiger partial charge in [0.1, 0.15) is 0 Å². The van der Waals surface area contributed by atoms with Crippen molar-refractivity contribution in [1.82, 2.24) is 0 Å². The Bertz CT molecular complexity index is 108. The lowest BCUT2D eigenvalue weighted by Crippen LogP contribution is -1.84. The van der Waals surface area contributed by atoms with Crippen molar-refractivity contribution in [2.75, 3.05) is 6.54 Å². The Hall–Kier alpha value is -0.330. The molecule has 0 fully saturated rings. The summed E-state index contributed by atoms with van der Waals surface area (Å²) in [5.74, 6) is 0. The second-order valence-electron chi connectivity index (χ2n) is 3.65. The van der Waals surface area contributed by atoms with Gasteiger partial charge in [-0.3, -0.25) is 4.99 Å². The SMILES string of the molecule is CCCC=NCCCCCCCC. The van der Waals surface area contributed by atoms with Crippen LogP contribution < -0.4 is 0 Å². The summed E-state index contributed by atoms with van der Waals surface area (Å²) in [4.78, 5) is 4.35. The predicted octanol–water partition coefficient (Wildman–Crippen LogP) is 4.22. The van der Waals surface area contributed by atoms with Gasteiger partial charge in [0.25, 0.3) is 0 Å². The zero-order valence-electron chi connectivity index (χ0n) is 9.39. The van der Waals surface area contributed by atoms with Gasteiger partial charge in [-0.25, -0.2) is 0 Å². The quantitative estimate of drug-likeness (QED) is 0.375. The fraction of sp³-hybridized carbons (Fsp3) is 0.917. The molecule has 0 aromatic carbocycles. The average Bonchev–Trinajstić information content (AvgIpc) is 2.16. The highest BCUT2D eigenvalue weighted by Gasteiger charge is 1.87. The van der Waals surface area contributed by atoms with Gasteiger partial charge in [-0.15, -0.1) is 0 Å². The Morgan fingerprint density at radius 1 is 0.846 bits per heavy atom. The van der Waals surface area contributed by atoms with E-state index in [0.717, 1.165) is 13.0 Å². The van der Waals surface area contributed by atoms with Gasteiger partial charge in [-0.2, -0.15) is 0 Å². The molecular weight excluding hydrogens is 158 g/mol. The molecule has 0 spiro atoms. The van der Waals surface area contributed by atoms with Gasteiger partial charge in [-0.1, -0.05) is 52.4 Å². The normalized spacial score (nSPS) is 11.2. The smallest absolute Gasteiger partial charge is 0.0385 e. The van der Waals surface area contributed by atoms with Gasteiger partial charge in [0, 0.05) is 6.54 Å². The van der Waals surface area contributed by atoms with Crippen LogP contribution in [0, 0.1) is 0 Å². The first-order valence-corrected chi connectivity index (χ1v) is 5.90. The molecular formula is C12H25N. The number of nitrogens with zero attached hydrogens (tertiary/aromatic N) is 1. The number of unbranched alkanes of at least 4 members (excludes halogenated alkanes) is 6. The van der Waals surface area contributed by atoms with Gasteiger partial charge in [0.05, 0.1) is 0 Å². The van der Waals surface area contributed by atoms with Crippen molar-refractivity contribution in [3.05, 3.63) is 0 Å². The summed E-state index contributed by atoms with van der Waals surface area (Å²) in [5, 5.41) is 0. The van der Waals surface area contributed by atoms with E-state index in [1.807, 2.05) is 0 Å². The molecule has 0 N–H and O–H groups in total. The van der Waals surface area contributed by atoms with Crippen molar-refractivity contribution in [1.29, 1.82) is 0 Å². The first-order chi connectivity index (χ1) is 6.41. The molecule has 0 saturated heterocycles. The summed E-state index contributed by atoms with van der Waals surface area (Å²) < 4.78 is 0. The molecule has 13 heavy (non-hydrogen) atoms. The van der Waals surface area contributed by atoms with Crippen LogP contribution in [0.1, 0.15) is 65.2 Å². The molecule has 0 aromatic rings. The third kappa shape index (κ3) is 11.7. The van der Waals surface area contributed by atoms with E-state index in [0.29, 0.717) is 0 Å². The highest BCUT2D eigenvalue weighted by atomic mass is 14.7. The van der Waals surface area contributed by atoms with Crippen LogP contribution in [-0.2, 0) is 0 Å². The average molecular weight is 183 g/mol. The first kappa shape index (κ1) is 12.7. The van der Waals surface area contributed by atoms with E-state index in [1.54, 1.807) is 0 Å². The zero-order valence-corrected chi connectivity index (χ0v) is 9.39. The molecule has 0 heterocycles. The van der Waals surface area contributed by atoms with E-state index in [9.17, 15) is 0 Å². The van der Waals surface area contributed by atoms with Crippen LogP contribution in [-0.4, -0.2) is 12.8 Å². The molecule has 0 bridgehead atoms. The topological polar surface area (TPSA) is 12.4 Å². The lowest BCUT2D eigenvalue weighted by atomic mass is 10.1. The molecule has 0 aromatic heterocycles. The van der Waals surface area contributed by atoms with Crippen LogP contribution in [0.15, 0.2) is 4.99 Å². The fourth-order valence-corrected chi connectivity index (χ4v) is 1.30. The molecule has 0 unspecified atom stereocenters. The molecule has 0 atom stereocenters. The van der Waals surface area contributed by atoms with Crippen molar-refractivity contribution in [2.24, 2.45) is 4.99 Å². The third-order valence-corrected chi connectivity index (χ3v) is 2.19. The molecule has 1 nitrogen and oxygen atoms in total. The van der Waals surface area contributed by atoms with E-state index in [1.165, 1.54) is 44.9 Å². The predicted molar refractivity (Wildman–Crippen MR) is 61.6 cm³/mol. The summed E-state index contributed by atoms with van der Waals surface area (Å²) in [5.41, 5.74) is 0. The van der Waals surface area contributed by atoms with Crippen LogP contribution in [0.25, 0.3) is 0 Å². The lowest BCUT2D eigenvalue weighted by Gasteiger charge is -1.97. The highest BCUT2D eigenvalue weighted by Crippen LogP contribution is 2.04. The van der Waals surface area contributed by atoms with Crippen LogP contribution in [0.5, 0.6) is 0 Å². The van der Waals surface area contributed by atoms with Gasteiger partial charge in [0.15, 0.2) is 0 Å². The fourth-order valence-electron chi connectivity index (χ4n) is 1.30. The summed E-state index contributed by atoms with van der Waals surface area (Å²) in [6.07, 6.45) is 12.6. The van der Waals surface area contributed by atoms with Gasteiger partial charge >= 0.3 is 0 Å². The number of hydrogen-bond donors (Lipinski definition) is 0. The molecule has 0 saturated carbocycles. The highest BCUT2D eigenvalue weighted by molar-refractivity contribution is 5.56. The molecule has 78 valence electrons. The molecule has 0 rings (SSSR count). The molecule has 0 radical (unpaired) electrons. The summed E-state index contributed by atoms with van der Waals surface area (Å²) in [7, 11) is 0. The van der Waals surface area contributed by atoms with E-state index in [-0.39, 0.29) is 0 Å². The molecule has 0 aliphatic carbocycles. The van der Waals surface area contributed by atoms with Crippen molar-refractivity contribution in [2.45, 2.75) is 65.2 Å². The van der Waals surface area contributed by atoms with Crippen molar-refractivity contribution in [3.8, 4) is 0 Å². The molecule has 0 amide bonds. The lowest BCUT2D eigenvalue weighted by molar-refractivity contribution is 0.612. The van der Waals surface area contributed by atoms with E-state index >= 15 is 0 Å². The number of aliphatic imine (C=N–C) groups is 1. The zero-order chi connectivity index (χ0) is 9.78. The van der Waals surface area contributed by atoms with Gasteiger partial charge < -0.3 is 0 Å². The van der Waals surface area contributed by atoms with E-state index < -0.39 is 0 Å². The van der Waals surface area contributed by atoms with Crippen molar-refractivity contribution < 1.29 is 0 Å². The van der Waals surface area contributed by atoms with E-state index in [4.69, 9.17) is 0 Å². The summed E-state index contributed by atoms with van der Waals surface area (Å²) >= 11 is 0. The first-order valence-electron chi connectivity index (χ1n) is 5.90. The van der Waals surface area contributed by atoms with Crippen LogP contribution >= 0.6 is 0 Å². The Morgan fingerprint density at radius 3 is 2.23 bits per heavy atom. The minimum absolute atomic E-state index is 1.05. The van der Waals surface area contributed by atoms with E-state index in [2.05, 4.69) is 25.1 Å². The maximum atomic E-state index is 4.35. The molecule has 0 aliphatic rings. The Labute approximate surface area is 83.6 Å². The minimum atomic E-state index is 1.05. The Morgan fingerprint density at radius 2 is 1.54 bits per heavy atom. The van der Waals surface area contributed by atoms with Gasteiger partial charge in [-0.05, 0) is 19.1 Å². The van der Waals surface area contributed by atoms with Crippen LogP contribution in [0.3, 0.4) is 0 Å². The number of hydrogen-bond acceptors (Lipinski definition) is 1. The number of rotatable bonds is 9. The monoisotopic (exact) mass is 183 g/mol. The largest absolute Gasteiger partial charge is 0.298 e. The Kier molecular flexibility index (Phi) is 11.4. The standard InChI is InChI=1S/C12H25N/c1-3-5-7-8-9-10-12-13-11-6-4-2/h11H,3-10,12H2,1-2H3. The second-order valence-corrected chi connectivity index (χ2v) is 3.65. The maximum Gasteiger partial charge on any atom is 0.0385 e. The summed E-state index contributed by atoms with van der Waals surface area (Å²) in [6, 6.07) is 0.